The monoisotopic (exact) mass is 291 g/mol. The second-order valence-electron chi connectivity index (χ2n) is 3.68. The standard InChI is InChI=1S/C11H11Cl2NO4/c1-5(15)14-9(4-10(16)17)7-2-6(12)3-8(13)11(7)18/h2-3,9,18H,4H2,1H3,(H,14,15)(H,16,17). The fraction of sp³-hybridized carbons (Fsp3) is 0.273. The molecule has 0 saturated heterocycles. The van der Waals surface area contributed by atoms with Crippen molar-refractivity contribution < 1.29 is 19.8 Å². The van der Waals surface area contributed by atoms with Crippen LogP contribution >= 0.6 is 23.2 Å². The van der Waals surface area contributed by atoms with E-state index in [1.807, 2.05) is 0 Å². The molecule has 0 spiro atoms. The van der Waals surface area contributed by atoms with Gasteiger partial charge in [-0.15, -0.1) is 0 Å². The summed E-state index contributed by atoms with van der Waals surface area (Å²) in [5.74, 6) is -1.83. The number of aromatic hydroxyl groups is 1. The number of hydrogen-bond acceptors (Lipinski definition) is 3. The summed E-state index contributed by atoms with van der Waals surface area (Å²) in [5, 5.41) is 21.2. The number of rotatable bonds is 4. The summed E-state index contributed by atoms with van der Waals surface area (Å²) in [5.41, 5.74) is 0.171. The molecule has 1 rings (SSSR count). The SMILES string of the molecule is CC(=O)NC(CC(=O)O)c1cc(Cl)cc(Cl)c1O. The van der Waals surface area contributed by atoms with Gasteiger partial charge in [-0.2, -0.15) is 0 Å². The number of benzene rings is 1. The van der Waals surface area contributed by atoms with Crippen LogP contribution in [0.1, 0.15) is 24.9 Å². The molecular weight excluding hydrogens is 281 g/mol. The molecule has 0 aliphatic rings. The predicted molar refractivity (Wildman–Crippen MR) is 66.9 cm³/mol. The van der Waals surface area contributed by atoms with E-state index >= 15 is 0 Å². The van der Waals surface area contributed by atoms with Crippen LogP contribution in [-0.2, 0) is 9.59 Å². The third kappa shape index (κ3) is 3.78. The van der Waals surface area contributed by atoms with Crippen LogP contribution in [0.25, 0.3) is 0 Å². The van der Waals surface area contributed by atoms with Gasteiger partial charge in [0.2, 0.25) is 5.91 Å². The van der Waals surface area contributed by atoms with Gasteiger partial charge in [-0.1, -0.05) is 23.2 Å². The van der Waals surface area contributed by atoms with E-state index in [1.165, 1.54) is 19.1 Å². The maximum absolute atomic E-state index is 11.0. The molecule has 1 aromatic carbocycles. The number of halogens is 2. The van der Waals surface area contributed by atoms with E-state index in [0.717, 1.165) is 0 Å². The highest BCUT2D eigenvalue weighted by Gasteiger charge is 2.21. The lowest BCUT2D eigenvalue weighted by Gasteiger charge is -2.18. The van der Waals surface area contributed by atoms with Crippen molar-refractivity contribution in [2.45, 2.75) is 19.4 Å². The molecule has 18 heavy (non-hydrogen) atoms. The minimum Gasteiger partial charge on any atom is -0.506 e. The molecule has 0 radical (unpaired) electrons. The number of aliphatic carboxylic acids is 1. The zero-order valence-corrected chi connectivity index (χ0v) is 10.9. The van der Waals surface area contributed by atoms with E-state index in [-0.39, 0.29) is 27.8 Å². The Hall–Kier alpha value is -1.46. The van der Waals surface area contributed by atoms with Gasteiger partial charge in [0.1, 0.15) is 5.75 Å². The van der Waals surface area contributed by atoms with Crippen LogP contribution in [0.5, 0.6) is 5.75 Å². The second kappa shape index (κ2) is 5.93. The molecule has 98 valence electrons. The van der Waals surface area contributed by atoms with E-state index < -0.39 is 17.9 Å². The third-order valence-corrected chi connectivity index (χ3v) is 2.70. The van der Waals surface area contributed by atoms with Crippen molar-refractivity contribution >= 4 is 35.1 Å². The van der Waals surface area contributed by atoms with Gasteiger partial charge < -0.3 is 15.5 Å². The highest BCUT2D eigenvalue weighted by atomic mass is 35.5. The van der Waals surface area contributed by atoms with Gasteiger partial charge in [-0.3, -0.25) is 9.59 Å². The molecule has 0 fully saturated rings. The zero-order valence-electron chi connectivity index (χ0n) is 9.41. The maximum atomic E-state index is 11.0. The number of carbonyl (C=O) groups excluding carboxylic acids is 1. The number of phenols is 1. The molecule has 5 nitrogen and oxygen atoms in total. The van der Waals surface area contributed by atoms with Crippen molar-refractivity contribution in [2.75, 3.05) is 0 Å². The number of carboxylic acids is 1. The van der Waals surface area contributed by atoms with Crippen molar-refractivity contribution in [3.05, 3.63) is 27.7 Å². The summed E-state index contributed by atoms with van der Waals surface area (Å²) in [6, 6.07) is 1.80. The van der Waals surface area contributed by atoms with E-state index in [2.05, 4.69) is 5.32 Å². The summed E-state index contributed by atoms with van der Waals surface area (Å²) >= 11 is 11.5. The van der Waals surface area contributed by atoms with Gasteiger partial charge in [-0.05, 0) is 12.1 Å². The number of amides is 1. The highest BCUT2D eigenvalue weighted by molar-refractivity contribution is 6.35. The number of carboxylic acid groups (broad SMARTS) is 1. The first-order valence-corrected chi connectivity index (χ1v) is 5.73. The number of phenolic OH excluding ortho intramolecular Hbond substituents is 1. The van der Waals surface area contributed by atoms with Crippen LogP contribution in [0.4, 0.5) is 0 Å². The molecule has 1 amide bonds. The average Bonchev–Trinajstić information content (AvgIpc) is 2.21. The summed E-state index contributed by atoms with van der Waals surface area (Å²) in [6.45, 7) is 1.25. The van der Waals surface area contributed by atoms with Crippen LogP contribution in [0.3, 0.4) is 0 Å². The summed E-state index contributed by atoms with van der Waals surface area (Å²) in [4.78, 5) is 21.8. The molecule has 7 heteroatoms. The number of nitrogens with one attached hydrogen (secondary N) is 1. The van der Waals surface area contributed by atoms with E-state index in [1.54, 1.807) is 0 Å². The van der Waals surface area contributed by atoms with Gasteiger partial charge in [0.15, 0.2) is 0 Å². The van der Waals surface area contributed by atoms with Crippen LogP contribution in [0.15, 0.2) is 12.1 Å². The third-order valence-electron chi connectivity index (χ3n) is 2.19. The van der Waals surface area contributed by atoms with Crippen LogP contribution in [0.2, 0.25) is 10.0 Å². The molecule has 1 aromatic rings. The molecule has 0 aliphatic carbocycles. The van der Waals surface area contributed by atoms with Crippen molar-refractivity contribution in [1.82, 2.24) is 5.32 Å². The van der Waals surface area contributed by atoms with Gasteiger partial charge in [0.05, 0.1) is 17.5 Å². The molecule has 0 aliphatic heterocycles. The number of hydrogen-bond donors (Lipinski definition) is 3. The highest BCUT2D eigenvalue weighted by Crippen LogP contribution is 2.35. The normalized spacial score (nSPS) is 11.9. The Morgan fingerprint density at radius 1 is 1.39 bits per heavy atom. The van der Waals surface area contributed by atoms with Crippen molar-refractivity contribution in [3.63, 3.8) is 0 Å². The summed E-state index contributed by atoms with van der Waals surface area (Å²) in [7, 11) is 0. The average molecular weight is 292 g/mol. The summed E-state index contributed by atoms with van der Waals surface area (Å²) < 4.78 is 0. The Morgan fingerprint density at radius 2 is 2.00 bits per heavy atom. The van der Waals surface area contributed by atoms with Crippen molar-refractivity contribution in [2.24, 2.45) is 0 Å². The molecule has 3 N–H and O–H groups in total. The van der Waals surface area contributed by atoms with Crippen molar-refractivity contribution in [1.29, 1.82) is 0 Å². The lowest BCUT2D eigenvalue weighted by Crippen LogP contribution is -2.28. The Morgan fingerprint density at radius 3 is 2.50 bits per heavy atom. The van der Waals surface area contributed by atoms with Crippen molar-refractivity contribution in [3.8, 4) is 5.75 Å². The van der Waals surface area contributed by atoms with Crippen LogP contribution in [0, 0.1) is 0 Å². The predicted octanol–water partition coefficient (Wildman–Crippen LogP) is 2.35. The molecule has 0 heterocycles. The Kier molecular flexibility index (Phi) is 4.81. The Labute approximate surface area is 113 Å². The van der Waals surface area contributed by atoms with E-state index in [0.29, 0.717) is 0 Å². The Bertz CT molecular complexity index is 474. The Balaban J connectivity index is 3.19. The zero-order chi connectivity index (χ0) is 13.9. The minimum atomic E-state index is -1.12. The fourth-order valence-electron chi connectivity index (χ4n) is 1.51. The molecule has 0 aromatic heterocycles. The van der Waals surface area contributed by atoms with Crippen LogP contribution < -0.4 is 5.32 Å². The van der Waals surface area contributed by atoms with Gasteiger partial charge >= 0.3 is 5.97 Å². The van der Waals surface area contributed by atoms with Gasteiger partial charge in [0.25, 0.3) is 0 Å². The lowest BCUT2D eigenvalue weighted by molar-refractivity contribution is -0.137. The smallest absolute Gasteiger partial charge is 0.305 e. The first-order valence-electron chi connectivity index (χ1n) is 4.98. The van der Waals surface area contributed by atoms with Gasteiger partial charge in [-0.25, -0.2) is 0 Å². The molecular formula is C11H11Cl2NO4. The first kappa shape index (κ1) is 14.6. The summed E-state index contributed by atoms with van der Waals surface area (Å²) in [6.07, 6.45) is -0.385. The topological polar surface area (TPSA) is 86.6 Å². The molecule has 1 unspecified atom stereocenters. The first-order chi connectivity index (χ1) is 8.31. The van der Waals surface area contributed by atoms with Crippen LogP contribution in [-0.4, -0.2) is 22.1 Å². The second-order valence-corrected chi connectivity index (χ2v) is 4.52. The maximum Gasteiger partial charge on any atom is 0.305 e. The lowest BCUT2D eigenvalue weighted by atomic mass is 10.0. The molecule has 1 atom stereocenters. The molecule has 0 saturated carbocycles. The van der Waals surface area contributed by atoms with E-state index in [4.69, 9.17) is 28.3 Å². The number of carbonyl (C=O) groups is 2. The van der Waals surface area contributed by atoms with Gasteiger partial charge in [0, 0.05) is 17.5 Å². The van der Waals surface area contributed by atoms with E-state index in [9.17, 15) is 14.7 Å². The fourth-order valence-corrected chi connectivity index (χ4v) is 2.02. The molecule has 0 bridgehead atoms. The minimum absolute atomic E-state index is 0.00163. The largest absolute Gasteiger partial charge is 0.506 e. The quantitative estimate of drug-likeness (QED) is 0.795.